The molecule has 0 aromatic heterocycles. The lowest BCUT2D eigenvalue weighted by Crippen LogP contribution is -2.65. The molecule has 5 fully saturated rings. The van der Waals surface area contributed by atoms with Crippen molar-refractivity contribution < 1.29 is 14.6 Å². The number of fused-ring (bicyclic) bond motifs is 4. The topological polar surface area (TPSA) is 38.7 Å². The highest BCUT2D eigenvalue weighted by Gasteiger charge is 2.78. The molecule has 6 aliphatic rings. The number of hydrogen-bond donors (Lipinski definition) is 1. The van der Waals surface area contributed by atoms with Crippen LogP contribution in [0.3, 0.4) is 0 Å². The van der Waals surface area contributed by atoms with Gasteiger partial charge in [0.15, 0.2) is 5.79 Å². The molecule has 3 heteroatoms. The van der Waals surface area contributed by atoms with E-state index in [1.165, 1.54) is 48.8 Å². The highest BCUT2D eigenvalue weighted by atomic mass is 16.7. The zero-order chi connectivity index (χ0) is 23.6. The molecular formula is C30H46O3. The van der Waals surface area contributed by atoms with Gasteiger partial charge in [-0.2, -0.15) is 0 Å². The maximum Gasteiger partial charge on any atom is 0.176 e. The van der Waals surface area contributed by atoms with Gasteiger partial charge in [0.05, 0.1) is 19.3 Å². The summed E-state index contributed by atoms with van der Waals surface area (Å²) in [5, 5.41) is 10.9. The fourth-order valence-corrected chi connectivity index (χ4v) is 11.1. The van der Waals surface area contributed by atoms with Crippen LogP contribution in [0.25, 0.3) is 0 Å². The first-order valence-electron chi connectivity index (χ1n) is 13.7. The summed E-state index contributed by atoms with van der Waals surface area (Å²) in [6, 6.07) is 0. The predicted octanol–water partition coefficient (Wildman–Crippen LogP) is 6.66. The Kier molecular flexibility index (Phi) is 4.68. The van der Waals surface area contributed by atoms with Crippen LogP contribution < -0.4 is 0 Å². The van der Waals surface area contributed by atoms with Crippen molar-refractivity contribution in [2.75, 3.05) is 13.2 Å². The van der Waals surface area contributed by atoms with Gasteiger partial charge in [0, 0.05) is 17.8 Å². The van der Waals surface area contributed by atoms with Gasteiger partial charge in [-0.3, -0.25) is 0 Å². The zero-order valence-corrected chi connectivity index (χ0v) is 22.1. The number of rotatable bonds is 1. The monoisotopic (exact) mass is 454 g/mol. The van der Waals surface area contributed by atoms with Gasteiger partial charge in [0.25, 0.3) is 0 Å². The van der Waals surface area contributed by atoms with E-state index in [0.717, 1.165) is 19.4 Å². The molecule has 0 aromatic rings. The van der Waals surface area contributed by atoms with Gasteiger partial charge in [-0.25, -0.2) is 0 Å². The molecule has 33 heavy (non-hydrogen) atoms. The maximum absolute atomic E-state index is 10.9. The predicted molar refractivity (Wildman–Crippen MR) is 131 cm³/mol. The van der Waals surface area contributed by atoms with Gasteiger partial charge in [-0.05, 0) is 98.9 Å². The third kappa shape index (κ3) is 2.58. The molecule has 1 saturated heterocycles. The quantitative estimate of drug-likeness (QED) is 0.481. The summed E-state index contributed by atoms with van der Waals surface area (Å²) in [6.45, 7) is 18.3. The van der Waals surface area contributed by atoms with E-state index in [1.54, 1.807) is 0 Å². The molecule has 1 N–H and O–H groups in total. The normalized spacial score (nSPS) is 54.2. The Balaban J connectivity index is 1.42. The minimum absolute atomic E-state index is 0.0155. The Bertz CT molecular complexity index is 927. The molecule has 3 nitrogen and oxygen atoms in total. The van der Waals surface area contributed by atoms with Crippen LogP contribution in [0.15, 0.2) is 22.8 Å². The summed E-state index contributed by atoms with van der Waals surface area (Å²) in [5.74, 6) is 2.04. The third-order valence-corrected chi connectivity index (χ3v) is 12.6. The van der Waals surface area contributed by atoms with Crippen LogP contribution in [-0.4, -0.2) is 30.2 Å². The van der Waals surface area contributed by atoms with E-state index in [1.807, 2.05) is 0 Å². The van der Waals surface area contributed by atoms with E-state index in [9.17, 15) is 5.11 Å². The Morgan fingerprint density at radius 3 is 2.45 bits per heavy atom. The van der Waals surface area contributed by atoms with Crippen molar-refractivity contribution in [1.29, 1.82) is 0 Å². The molecule has 0 aromatic carbocycles. The molecule has 0 amide bonds. The summed E-state index contributed by atoms with van der Waals surface area (Å²) in [4.78, 5) is 0. The molecule has 6 rings (SSSR count). The number of aliphatic hydroxyl groups excluding tert-OH is 1. The summed E-state index contributed by atoms with van der Waals surface area (Å²) in [7, 11) is 0. The second-order valence-electron chi connectivity index (χ2n) is 14.3. The smallest absolute Gasteiger partial charge is 0.176 e. The van der Waals surface area contributed by atoms with Crippen molar-refractivity contribution in [3.63, 3.8) is 0 Å². The van der Waals surface area contributed by atoms with Crippen LogP contribution in [0.5, 0.6) is 0 Å². The van der Waals surface area contributed by atoms with Crippen LogP contribution >= 0.6 is 0 Å². The molecule has 2 aliphatic heterocycles. The average Bonchev–Trinajstić information content (AvgIpc) is 3.26. The molecule has 6 unspecified atom stereocenters. The van der Waals surface area contributed by atoms with E-state index in [0.29, 0.717) is 41.1 Å². The third-order valence-electron chi connectivity index (χ3n) is 12.6. The van der Waals surface area contributed by atoms with Crippen LogP contribution in [0, 0.1) is 45.3 Å². The van der Waals surface area contributed by atoms with Crippen molar-refractivity contribution in [2.24, 2.45) is 45.3 Å². The first-order valence-corrected chi connectivity index (χ1v) is 13.7. The Hall–Kier alpha value is -0.640. The van der Waals surface area contributed by atoms with Crippen molar-refractivity contribution in [3.8, 4) is 0 Å². The summed E-state index contributed by atoms with van der Waals surface area (Å²) >= 11 is 0. The van der Waals surface area contributed by atoms with Gasteiger partial charge in [-0.15, -0.1) is 0 Å². The first-order chi connectivity index (χ1) is 15.4. The van der Waals surface area contributed by atoms with E-state index in [-0.39, 0.29) is 22.7 Å². The highest BCUT2D eigenvalue weighted by Crippen LogP contribution is 2.79. The van der Waals surface area contributed by atoms with Gasteiger partial charge < -0.3 is 14.6 Å². The van der Waals surface area contributed by atoms with Crippen LogP contribution in [0.2, 0.25) is 0 Å². The number of allylic oxidation sites excluding steroid dienone is 1. The lowest BCUT2D eigenvalue weighted by Gasteiger charge is -2.70. The number of aliphatic hydroxyl groups is 1. The summed E-state index contributed by atoms with van der Waals surface area (Å²) in [5.41, 5.74) is 5.14. The molecule has 2 bridgehead atoms. The second-order valence-corrected chi connectivity index (χ2v) is 14.3. The fraction of sp³-hybridized carbons (Fsp3) is 0.867. The zero-order valence-electron chi connectivity index (χ0n) is 22.1. The minimum atomic E-state index is -0.384. The van der Waals surface area contributed by atoms with Crippen molar-refractivity contribution in [3.05, 3.63) is 22.8 Å². The fourth-order valence-electron chi connectivity index (χ4n) is 11.1. The maximum atomic E-state index is 10.9. The van der Waals surface area contributed by atoms with E-state index < -0.39 is 0 Å². The number of ether oxygens (including phenoxy) is 2. The van der Waals surface area contributed by atoms with E-state index >= 15 is 0 Å². The van der Waals surface area contributed by atoms with Crippen molar-refractivity contribution >= 4 is 0 Å². The van der Waals surface area contributed by atoms with Gasteiger partial charge >= 0.3 is 0 Å². The largest absolute Gasteiger partial charge is 0.393 e. The first kappa shape index (κ1) is 22.8. The molecule has 4 saturated carbocycles. The van der Waals surface area contributed by atoms with Gasteiger partial charge in [-0.1, -0.05) is 44.9 Å². The Morgan fingerprint density at radius 2 is 1.73 bits per heavy atom. The van der Waals surface area contributed by atoms with Gasteiger partial charge in [0.1, 0.15) is 0 Å². The van der Waals surface area contributed by atoms with E-state index in [2.05, 4.69) is 54.5 Å². The summed E-state index contributed by atoms with van der Waals surface area (Å²) < 4.78 is 13.4. The molecule has 0 radical (unpaired) electrons. The van der Waals surface area contributed by atoms with Crippen LogP contribution in [-0.2, 0) is 9.47 Å². The van der Waals surface area contributed by atoms with Crippen LogP contribution in [0.4, 0.5) is 0 Å². The standard InChI is InChI=1S/C30H46O3/c1-18(2)14-20-15-32-30-16-29(17-33-30)21(25(30)19(20)3)8-9-23-27(6)12-11-24(31)26(4,5)22(27)10-13-28(23,29)7/h14,21-25,31H,8-13,15-17H2,1-7H3/t21?,22?,23?,24?,25?,27-,28+,29?,30+/m0/s1. The SMILES string of the molecule is CC(C)=CC1=C(C)C2C3CCC4[C@@]5(C)CCC(O)C(C)(C)C5CC[C@@]4(C)C34CO[C@@]2(C4)OC1. The molecule has 2 spiro atoms. The highest BCUT2D eigenvalue weighted by molar-refractivity contribution is 5.37. The van der Waals surface area contributed by atoms with Crippen molar-refractivity contribution in [1.82, 2.24) is 0 Å². The van der Waals surface area contributed by atoms with E-state index in [4.69, 9.17) is 9.47 Å². The Labute approximate surface area is 201 Å². The lowest BCUT2D eigenvalue weighted by molar-refractivity contribution is -0.272. The van der Waals surface area contributed by atoms with Crippen LogP contribution in [0.1, 0.15) is 93.4 Å². The molecular weight excluding hydrogens is 408 g/mol. The molecule has 9 atom stereocenters. The molecule has 4 aliphatic carbocycles. The van der Waals surface area contributed by atoms with Gasteiger partial charge in [0.2, 0.25) is 0 Å². The Morgan fingerprint density at radius 1 is 0.970 bits per heavy atom. The molecule has 184 valence electrons. The molecule has 2 heterocycles. The minimum Gasteiger partial charge on any atom is -0.393 e. The average molecular weight is 455 g/mol. The summed E-state index contributed by atoms with van der Waals surface area (Å²) in [6.07, 6.45) is 10.6. The van der Waals surface area contributed by atoms with Crippen molar-refractivity contribution in [2.45, 2.75) is 105 Å². The second kappa shape index (κ2) is 6.77. The number of hydrogen-bond acceptors (Lipinski definition) is 3. The lowest BCUT2D eigenvalue weighted by atomic mass is 9.35.